The molecule has 110 valence electrons. The number of benzene rings is 1. The summed E-state index contributed by atoms with van der Waals surface area (Å²) < 4.78 is 0. The van der Waals surface area contributed by atoms with Gasteiger partial charge in [-0.15, -0.1) is 0 Å². The number of nitrogens with one attached hydrogen (secondary N) is 1. The van der Waals surface area contributed by atoms with Gasteiger partial charge >= 0.3 is 0 Å². The Morgan fingerprint density at radius 1 is 1.25 bits per heavy atom. The van der Waals surface area contributed by atoms with Crippen molar-refractivity contribution in [2.24, 2.45) is 0 Å². The van der Waals surface area contributed by atoms with Crippen molar-refractivity contribution in [1.82, 2.24) is 15.1 Å². The van der Waals surface area contributed by atoms with Crippen LogP contribution in [0.15, 0.2) is 30.3 Å². The zero-order valence-corrected chi connectivity index (χ0v) is 12.7. The molecule has 1 saturated heterocycles. The molecule has 2 unspecified atom stereocenters. The summed E-state index contributed by atoms with van der Waals surface area (Å²) in [5, 5.41) is 3.48. The van der Waals surface area contributed by atoms with Crippen LogP contribution < -0.4 is 5.32 Å². The molecule has 1 aromatic rings. The molecule has 1 aromatic carbocycles. The molecule has 4 heteroatoms. The molecule has 2 rings (SSSR count). The minimum Gasteiger partial charge on any atom is -0.340 e. The zero-order valence-electron chi connectivity index (χ0n) is 12.7. The van der Waals surface area contributed by atoms with Crippen molar-refractivity contribution in [3.63, 3.8) is 0 Å². The summed E-state index contributed by atoms with van der Waals surface area (Å²) >= 11 is 0. The standard InChI is InChI=1S/C16H25N3O/c1-13-9-19(10-14(2)17-13)12-16(20)18(3)11-15-7-5-4-6-8-15/h4-8,13-14,17H,9-12H2,1-3H3. The highest BCUT2D eigenvalue weighted by molar-refractivity contribution is 5.78. The molecule has 20 heavy (non-hydrogen) atoms. The largest absolute Gasteiger partial charge is 0.340 e. The van der Waals surface area contributed by atoms with E-state index in [1.165, 1.54) is 5.56 Å². The second kappa shape index (κ2) is 6.86. The van der Waals surface area contributed by atoms with Crippen molar-refractivity contribution in [1.29, 1.82) is 0 Å². The normalized spacial score (nSPS) is 23.6. The molecular weight excluding hydrogens is 250 g/mol. The third-order valence-electron chi connectivity index (χ3n) is 3.68. The monoisotopic (exact) mass is 275 g/mol. The van der Waals surface area contributed by atoms with Gasteiger partial charge < -0.3 is 10.2 Å². The summed E-state index contributed by atoms with van der Waals surface area (Å²) in [5.41, 5.74) is 1.17. The number of amides is 1. The summed E-state index contributed by atoms with van der Waals surface area (Å²) in [6, 6.07) is 11.0. The number of nitrogens with zero attached hydrogens (tertiary/aromatic N) is 2. The van der Waals surface area contributed by atoms with Crippen LogP contribution in [0.25, 0.3) is 0 Å². The highest BCUT2D eigenvalue weighted by Crippen LogP contribution is 2.06. The van der Waals surface area contributed by atoms with Crippen molar-refractivity contribution < 1.29 is 4.79 Å². The third-order valence-corrected chi connectivity index (χ3v) is 3.68. The van der Waals surface area contributed by atoms with E-state index in [4.69, 9.17) is 0 Å². The minimum absolute atomic E-state index is 0.190. The van der Waals surface area contributed by atoms with Gasteiger partial charge in [0.05, 0.1) is 6.54 Å². The highest BCUT2D eigenvalue weighted by atomic mass is 16.2. The molecule has 0 bridgehead atoms. The predicted octanol–water partition coefficient (Wildman–Crippen LogP) is 1.33. The van der Waals surface area contributed by atoms with Gasteiger partial charge in [0.1, 0.15) is 0 Å². The molecule has 0 saturated carbocycles. The van der Waals surface area contributed by atoms with Crippen molar-refractivity contribution in [2.75, 3.05) is 26.7 Å². The van der Waals surface area contributed by atoms with Gasteiger partial charge in [-0.2, -0.15) is 0 Å². The first-order valence-electron chi connectivity index (χ1n) is 7.31. The maximum Gasteiger partial charge on any atom is 0.236 e. The first-order valence-corrected chi connectivity index (χ1v) is 7.31. The van der Waals surface area contributed by atoms with Gasteiger partial charge in [-0.3, -0.25) is 9.69 Å². The van der Waals surface area contributed by atoms with Crippen molar-refractivity contribution in [3.8, 4) is 0 Å². The van der Waals surface area contributed by atoms with E-state index in [9.17, 15) is 4.79 Å². The van der Waals surface area contributed by atoms with Crippen LogP contribution in [0.2, 0.25) is 0 Å². The van der Waals surface area contributed by atoms with Gasteiger partial charge in [0.15, 0.2) is 0 Å². The average Bonchev–Trinajstić information content (AvgIpc) is 2.38. The second-order valence-corrected chi connectivity index (χ2v) is 5.90. The van der Waals surface area contributed by atoms with Crippen LogP contribution in [0.1, 0.15) is 19.4 Å². The second-order valence-electron chi connectivity index (χ2n) is 5.90. The summed E-state index contributed by atoms with van der Waals surface area (Å²) in [6.07, 6.45) is 0. The number of hydrogen-bond acceptors (Lipinski definition) is 3. The van der Waals surface area contributed by atoms with Crippen LogP contribution in [0, 0.1) is 0 Å². The number of rotatable bonds is 4. The first-order chi connectivity index (χ1) is 9.54. The molecule has 0 spiro atoms. The van der Waals surface area contributed by atoms with Crippen molar-refractivity contribution in [2.45, 2.75) is 32.5 Å². The quantitative estimate of drug-likeness (QED) is 0.900. The predicted molar refractivity (Wildman–Crippen MR) is 81.4 cm³/mol. The van der Waals surface area contributed by atoms with Crippen LogP contribution >= 0.6 is 0 Å². The van der Waals surface area contributed by atoms with Crippen LogP contribution in [0.4, 0.5) is 0 Å². The summed E-state index contributed by atoms with van der Waals surface area (Å²) in [5.74, 6) is 0.190. The van der Waals surface area contributed by atoms with Gasteiger partial charge in [-0.05, 0) is 19.4 Å². The summed E-state index contributed by atoms with van der Waals surface area (Å²) in [4.78, 5) is 16.4. The average molecular weight is 275 g/mol. The molecule has 1 N–H and O–H groups in total. The molecule has 0 radical (unpaired) electrons. The number of likely N-dealkylation sites (N-methyl/N-ethyl adjacent to an activating group) is 1. The fourth-order valence-electron chi connectivity index (χ4n) is 2.83. The Morgan fingerprint density at radius 2 is 1.85 bits per heavy atom. The lowest BCUT2D eigenvalue weighted by atomic mass is 10.1. The maximum absolute atomic E-state index is 12.3. The van der Waals surface area contributed by atoms with E-state index in [2.05, 4.69) is 36.2 Å². The van der Waals surface area contributed by atoms with E-state index in [0.29, 0.717) is 25.2 Å². The van der Waals surface area contributed by atoms with Crippen LogP contribution in [0.5, 0.6) is 0 Å². The van der Waals surface area contributed by atoms with Crippen LogP contribution in [0.3, 0.4) is 0 Å². The van der Waals surface area contributed by atoms with E-state index < -0.39 is 0 Å². The Morgan fingerprint density at radius 3 is 2.45 bits per heavy atom. The molecule has 0 aliphatic carbocycles. The number of piperazine rings is 1. The number of carbonyl (C=O) groups is 1. The Balaban J connectivity index is 1.84. The molecule has 1 amide bonds. The minimum atomic E-state index is 0.190. The topological polar surface area (TPSA) is 35.6 Å². The zero-order chi connectivity index (χ0) is 14.5. The van der Waals surface area contributed by atoms with E-state index in [1.54, 1.807) is 0 Å². The summed E-state index contributed by atoms with van der Waals surface area (Å²) in [6.45, 7) is 7.41. The molecule has 1 heterocycles. The molecule has 2 atom stereocenters. The fraction of sp³-hybridized carbons (Fsp3) is 0.562. The lowest BCUT2D eigenvalue weighted by Gasteiger charge is -2.36. The van der Waals surface area contributed by atoms with Crippen LogP contribution in [-0.2, 0) is 11.3 Å². The van der Waals surface area contributed by atoms with Crippen LogP contribution in [-0.4, -0.2) is 54.5 Å². The molecule has 4 nitrogen and oxygen atoms in total. The Bertz CT molecular complexity index is 425. The Hall–Kier alpha value is -1.39. The van der Waals surface area contributed by atoms with E-state index in [0.717, 1.165) is 13.1 Å². The Labute approximate surface area is 121 Å². The summed E-state index contributed by atoms with van der Waals surface area (Å²) in [7, 11) is 1.88. The van der Waals surface area contributed by atoms with Crippen molar-refractivity contribution in [3.05, 3.63) is 35.9 Å². The number of hydrogen-bond donors (Lipinski definition) is 1. The molecule has 1 fully saturated rings. The third kappa shape index (κ3) is 4.32. The lowest BCUT2D eigenvalue weighted by Crippen LogP contribution is -2.56. The molecular formula is C16H25N3O. The van der Waals surface area contributed by atoms with E-state index >= 15 is 0 Å². The van der Waals surface area contributed by atoms with Crippen molar-refractivity contribution >= 4 is 5.91 Å². The lowest BCUT2D eigenvalue weighted by molar-refractivity contribution is -0.132. The molecule has 1 aliphatic rings. The fourth-order valence-corrected chi connectivity index (χ4v) is 2.83. The first kappa shape index (κ1) is 15.0. The van der Waals surface area contributed by atoms with Gasteiger partial charge in [-0.1, -0.05) is 30.3 Å². The van der Waals surface area contributed by atoms with Gasteiger partial charge in [-0.25, -0.2) is 0 Å². The highest BCUT2D eigenvalue weighted by Gasteiger charge is 2.23. The van der Waals surface area contributed by atoms with E-state index in [1.807, 2.05) is 30.1 Å². The van der Waals surface area contributed by atoms with Gasteiger partial charge in [0, 0.05) is 38.8 Å². The smallest absolute Gasteiger partial charge is 0.236 e. The Kier molecular flexibility index (Phi) is 5.15. The maximum atomic E-state index is 12.3. The number of carbonyl (C=O) groups excluding carboxylic acids is 1. The molecule has 0 aromatic heterocycles. The van der Waals surface area contributed by atoms with Gasteiger partial charge in [0.25, 0.3) is 0 Å². The molecule has 1 aliphatic heterocycles. The van der Waals surface area contributed by atoms with E-state index in [-0.39, 0.29) is 5.91 Å². The van der Waals surface area contributed by atoms with Gasteiger partial charge in [0.2, 0.25) is 5.91 Å². The SMILES string of the molecule is CC1CN(CC(=O)N(C)Cc2ccccc2)CC(C)N1.